The Morgan fingerprint density at radius 3 is 2.45 bits per heavy atom. The van der Waals surface area contributed by atoms with Crippen molar-refractivity contribution >= 4 is 10.9 Å². The Morgan fingerprint density at radius 2 is 1.74 bits per heavy atom. The van der Waals surface area contributed by atoms with E-state index in [4.69, 9.17) is 14.5 Å². The summed E-state index contributed by atoms with van der Waals surface area (Å²) in [6, 6.07) is 11.7. The highest BCUT2D eigenvalue weighted by Gasteiger charge is 2.24. The second-order valence-electron chi connectivity index (χ2n) is 8.09. The summed E-state index contributed by atoms with van der Waals surface area (Å²) in [7, 11) is 3.33. The van der Waals surface area contributed by atoms with Crippen molar-refractivity contribution in [2.45, 2.75) is 26.4 Å². The Morgan fingerprint density at radius 1 is 1.06 bits per heavy atom. The van der Waals surface area contributed by atoms with Gasteiger partial charge in [-0.25, -0.2) is 4.98 Å². The van der Waals surface area contributed by atoms with Crippen LogP contribution in [0.4, 0.5) is 0 Å². The molecule has 0 spiro atoms. The summed E-state index contributed by atoms with van der Waals surface area (Å²) in [6.07, 6.45) is 0. The number of rotatable bonds is 6. The van der Waals surface area contributed by atoms with Crippen LogP contribution in [-0.4, -0.2) is 60.2 Å². The minimum Gasteiger partial charge on any atom is -0.493 e. The lowest BCUT2D eigenvalue weighted by Gasteiger charge is -2.37. The van der Waals surface area contributed by atoms with Gasteiger partial charge in [0.1, 0.15) is 5.82 Å². The Bertz CT molecular complexity index is 1120. The van der Waals surface area contributed by atoms with Crippen LogP contribution in [0.25, 0.3) is 10.9 Å². The molecule has 1 N–H and O–H groups in total. The van der Waals surface area contributed by atoms with Crippen LogP contribution < -0.4 is 15.0 Å². The number of ether oxygens (including phenoxy) is 2. The molecule has 0 amide bonds. The molecule has 0 aliphatic carbocycles. The van der Waals surface area contributed by atoms with Gasteiger partial charge in [0.05, 0.1) is 31.2 Å². The lowest BCUT2D eigenvalue weighted by atomic mass is 10.1. The molecule has 1 fully saturated rings. The first kappa shape index (κ1) is 21.3. The average molecular weight is 423 g/mol. The summed E-state index contributed by atoms with van der Waals surface area (Å²) in [4.78, 5) is 25.0. The summed E-state index contributed by atoms with van der Waals surface area (Å²) in [5.41, 5.74) is 3.12. The van der Waals surface area contributed by atoms with E-state index in [1.165, 1.54) is 11.1 Å². The minimum atomic E-state index is -0.0741. The highest BCUT2D eigenvalue weighted by atomic mass is 16.5. The Hall–Kier alpha value is -2.90. The predicted octanol–water partition coefficient (Wildman–Crippen LogP) is 3.13. The highest BCUT2D eigenvalue weighted by molar-refractivity contribution is 5.77. The van der Waals surface area contributed by atoms with Gasteiger partial charge in [-0.3, -0.25) is 14.6 Å². The number of para-hydroxylation sites is 1. The van der Waals surface area contributed by atoms with Crippen molar-refractivity contribution in [3.8, 4) is 11.5 Å². The van der Waals surface area contributed by atoms with E-state index in [-0.39, 0.29) is 11.6 Å². The maximum atomic E-state index is 12.4. The van der Waals surface area contributed by atoms with E-state index in [1.807, 2.05) is 30.3 Å². The number of piperazine rings is 1. The van der Waals surface area contributed by atoms with Gasteiger partial charge in [-0.05, 0) is 49.2 Å². The molecular formula is C24H30N4O3. The summed E-state index contributed by atoms with van der Waals surface area (Å²) >= 11 is 0. The van der Waals surface area contributed by atoms with Crippen molar-refractivity contribution in [3.05, 3.63) is 63.7 Å². The van der Waals surface area contributed by atoms with Crippen molar-refractivity contribution in [2.24, 2.45) is 0 Å². The zero-order valence-corrected chi connectivity index (χ0v) is 18.6. The number of fused-ring (bicyclic) bond motifs is 1. The quantitative estimate of drug-likeness (QED) is 0.658. The second kappa shape index (κ2) is 9.08. The van der Waals surface area contributed by atoms with Crippen LogP contribution in [-0.2, 0) is 6.54 Å². The molecule has 1 saturated heterocycles. The molecule has 2 heterocycles. The van der Waals surface area contributed by atoms with Crippen molar-refractivity contribution in [2.75, 3.05) is 40.4 Å². The average Bonchev–Trinajstić information content (AvgIpc) is 2.80. The van der Waals surface area contributed by atoms with E-state index in [2.05, 4.69) is 34.7 Å². The maximum Gasteiger partial charge on any atom is 0.258 e. The zero-order chi connectivity index (χ0) is 22.0. The van der Waals surface area contributed by atoms with Gasteiger partial charge in [0, 0.05) is 32.7 Å². The fraction of sp³-hybridized carbons (Fsp3) is 0.417. The van der Waals surface area contributed by atoms with Gasteiger partial charge in [-0.1, -0.05) is 12.1 Å². The molecule has 1 aliphatic heterocycles. The second-order valence-corrected chi connectivity index (χ2v) is 8.09. The molecule has 7 heteroatoms. The molecule has 0 bridgehead atoms. The number of methoxy groups -OCH3 is 2. The van der Waals surface area contributed by atoms with Gasteiger partial charge in [-0.2, -0.15) is 0 Å². The smallest absolute Gasteiger partial charge is 0.258 e. The number of hydrogen-bond donors (Lipinski definition) is 1. The number of nitrogens with zero attached hydrogens (tertiary/aromatic N) is 3. The van der Waals surface area contributed by atoms with E-state index in [0.29, 0.717) is 5.39 Å². The first-order valence-corrected chi connectivity index (χ1v) is 10.7. The molecule has 1 atom stereocenters. The molecule has 1 aromatic heterocycles. The summed E-state index contributed by atoms with van der Waals surface area (Å²) in [5, 5.41) is 0.633. The van der Waals surface area contributed by atoms with Gasteiger partial charge < -0.3 is 14.5 Å². The molecule has 4 rings (SSSR count). The van der Waals surface area contributed by atoms with Gasteiger partial charge >= 0.3 is 0 Å². The molecular weight excluding hydrogens is 392 g/mol. The van der Waals surface area contributed by atoms with E-state index in [0.717, 1.165) is 55.6 Å². The third-order valence-corrected chi connectivity index (χ3v) is 6.22. The molecule has 0 unspecified atom stereocenters. The van der Waals surface area contributed by atoms with Crippen LogP contribution in [0.2, 0.25) is 0 Å². The van der Waals surface area contributed by atoms with E-state index < -0.39 is 0 Å². The molecule has 2 aromatic carbocycles. The van der Waals surface area contributed by atoms with Crippen LogP contribution in [0.15, 0.2) is 41.2 Å². The van der Waals surface area contributed by atoms with Crippen molar-refractivity contribution < 1.29 is 9.47 Å². The van der Waals surface area contributed by atoms with Crippen LogP contribution in [0.3, 0.4) is 0 Å². The number of aryl methyl sites for hydroxylation is 1. The van der Waals surface area contributed by atoms with Crippen LogP contribution >= 0.6 is 0 Å². The van der Waals surface area contributed by atoms with Gasteiger partial charge in [-0.15, -0.1) is 0 Å². The standard InChI is InChI=1S/C24H30N4O3/c1-16-13-21(30-3)22(31-4)14-18(16)15-27-9-11-28(12-10-27)17(2)23-25-20-8-6-5-7-19(20)24(29)26-23/h5-8,13-14,17H,9-12,15H2,1-4H3,(H,25,26,29)/t17-/m0/s1. The molecule has 164 valence electrons. The molecule has 0 saturated carbocycles. The first-order valence-electron chi connectivity index (χ1n) is 10.7. The summed E-state index contributed by atoms with van der Waals surface area (Å²) < 4.78 is 10.9. The number of hydrogen-bond acceptors (Lipinski definition) is 6. The summed E-state index contributed by atoms with van der Waals surface area (Å²) in [6.45, 7) is 8.85. The zero-order valence-electron chi connectivity index (χ0n) is 18.6. The Labute approximate surface area is 182 Å². The van der Waals surface area contributed by atoms with Crippen molar-refractivity contribution in [1.82, 2.24) is 19.8 Å². The van der Waals surface area contributed by atoms with Gasteiger partial charge in [0.2, 0.25) is 0 Å². The normalized spacial score (nSPS) is 16.4. The molecule has 3 aromatic rings. The fourth-order valence-corrected chi connectivity index (χ4v) is 4.22. The number of aromatic amines is 1. The van der Waals surface area contributed by atoms with Crippen molar-refractivity contribution in [3.63, 3.8) is 0 Å². The summed E-state index contributed by atoms with van der Waals surface area (Å²) in [5.74, 6) is 2.26. The van der Waals surface area contributed by atoms with Gasteiger partial charge in [0.25, 0.3) is 5.56 Å². The monoisotopic (exact) mass is 422 g/mol. The largest absolute Gasteiger partial charge is 0.493 e. The fourth-order valence-electron chi connectivity index (χ4n) is 4.22. The SMILES string of the molecule is COc1cc(C)c(CN2CCN([C@@H](C)c3nc4ccccc4c(=O)[nH]3)CC2)cc1OC. The lowest BCUT2D eigenvalue weighted by molar-refractivity contribution is 0.0946. The highest BCUT2D eigenvalue weighted by Crippen LogP contribution is 2.31. The van der Waals surface area contributed by atoms with Crippen LogP contribution in [0, 0.1) is 6.92 Å². The maximum absolute atomic E-state index is 12.4. The van der Waals surface area contributed by atoms with E-state index in [9.17, 15) is 4.79 Å². The first-order chi connectivity index (χ1) is 15.0. The topological polar surface area (TPSA) is 70.7 Å². The number of benzene rings is 2. The lowest BCUT2D eigenvalue weighted by Crippen LogP contribution is -2.47. The number of H-pyrrole nitrogens is 1. The third kappa shape index (κ3) is 4.43. The molecule has 0 radical (unpaired) electrons. The van der Waals surface area contributed by atoms with E-state index >= 15 is 0 Å². The third-order valence-electron chi connectivity index (χ3n) is 6.22. The molecule has 7 nitrogen and oxygen atoms in total. The number of nitrogens with one attached hydrogen (secondary N) is 1. The molecule has 31 heavy (non-hydrogen) atoms. The van der Waals surface area contributed by atoms with Crippen LogP contribution in [0.1, 0.15) is 29.9 Å². The molecule has 1 aliphatic rings. The Kier molecular flexibility index (Phi) is 6.25. The Balaban J connectivity index is 1.43. The number of aromatic nitrogens is 2. The van der Waals surface area contributed by atoms with Gasteiger partial charge in [0.15, 0.2) is 11.5 Å². The minimum absolute atomic E-state index is 0.0577. The van der Waals surface area contributed by atoms with Crippen LogP contribution in [0.5, 0.6) is 11.5 Å². The predicted molar refractivity (Wildman–Crippen MR) is 122 cm³/mol. The van der Waals surface area contributed by atoms with E-state index in [1.54, 1.807) is 14.2 Å². The van der Waals surface area contributed by atoms with Crippen molar-refractivity contribution in [1.29, 1.82) is 0 Å².